The van der Waals surface area contributed by atoms with Crippen LogP contribution in [0.5, 0.6) is 5.75 Å². The van der Waals surface area contributed by atoms with Gasteiger partial charge in [0, 0.05) is 11.6 Å². The molecule has 0 amide bonds. The summed E-state index contributed by atoms with van der Waals surface area (Å²) in [6.45, 7) is 2.59. The van der Waals surface area contributed by atoms with Crippen molar-refractivity contribution in [2.45, 2.75) is 69.9 Å². The molecule has 0 spiro atoms. The van der Waals surface area contributed by atoms with Crippen LogP contribution in [0.25, 0.3) is 16.6 Å². The highest BCUT2D eigenvalue weighted by Crippen LogP contribution is 2.39. The first-order valence-electron chi connectivity index (χ1n) is 13.8. The van der Waals surface area contributed by atoms with E-state index < -0.39 is 12.3 Å². The third-order valence-electron chi connectivity index (χ3n) is 7.66. The molecule has 2 aliphatic heterocycles. The maximum Gasteiger partial charge on any atom is 0.168 e. The monoisotopic (exact) mass is 513 g/mol. The number of ether oxygens (including phenoxy) is 2. The molecule has 3 aromatic rings. The summed E-state index contributed by atoms with van der Waals surface area (Å²) in [6.07, 6.45) is 10.9. The van der Waals surface area contributed by atoms with Gasteiger partial charge in [0.25, 0.3) is 0 Å². The summed E-state index contributed by atoms with van der Waals surface area (Å²) in [7, 11) is 0. The summed E-state index contributed by atoms with van der Waals surface area (Å²) >= 11 is 0. The average molecular weight is 514 g/mol. The van der Waals surface area contributed by atoms with Gasteiger partial charge in [-0.2, -0.15) is 0 Å². The predicted molar refractivity (Wildman–Crippen MR) is 147 cm³/mol. The van der Waals surface area contributed by atoms with E-state index >= 15 is 0 Å². The van der Waals surface area contributed by atoms with E-state index in [9.17, 15) is 9.90 Å². The Kier molecular flexibility index (Phi) is 7.15. The van der Waals surface area contributed by atoms with Crippen LogP contribution in [-0.2, 0) is 16.0 Å². The Bertz CT molecular complexity index is 1390. The Balaban J connectivity index is 1.24. The number of hydrogen-bond acceptors (Lipinski definition) is 6. The number of nitrogens with zero attached hydrogens (tertiary/aromatic N) is 2. The predicted octanol–water partition coefficient (Wildman–Crippen LogP) is 5.05. The number of allylic oxidation sites excluding steroid dienone is 4. The summed E-state index contributed by atoms with van der Waals surface area (Å²) in [5.41, 5.74) is 5.43. The summed E-state index contributed by atoms with van der Waals surface area (Å²) in [5.74, 6) is 1.76. The third-order valence-corrected chi connectivity index (χ3v) is 7.66. The summed E-state index contributed by atoms with van der Waals surface area (Å²) in [6, 6.07) is 14.8. The molecule has 7 heteroatoms. The van der Waals surface area contributed by atoms with Gasteiger partial charge in [-0.25, -0.2) is 4.98 Å². The van der Waals surface area contributed by atoms with Crippen molar-refractivity contribution >= 4 is 22.4 Å². The third kappa shape index (κ3) is 4.94. The molecule has 6 rings (SSSR count). The zero-order valence-electron chi connectivity index (χ0n) is 21.8. The van der Waals surface area contributed by atoms with Gasteiger partial charge in [-0.15, -0.1) is 0 Å². The molecule has 1 aromatic heterocycles. The minimum Gasteiger partial charge on any atom is -0.493 e. The van der Waals surface area contributed by atoms with E-state index in [2.05, 4.69) is 48.7 Å². The second kappa shape index (κ2) is 10.8. The van der Waals surface area contributed by atoms with E-state index in [-0.39, 0.29) is 30.9 Å². The van der Waals surface area contributed by atoms with E-state index in [0.717, 1.165) is 60.3 Å². The first kappa shape index (κ1) is 25.0. The minimum atomic E-state index is -0.768. The molecule has 2 saturated heterocycles. The van der Waals surface area contributed by atoms with E-state index in [4.69, 9.17) is 14.5 Å². The number of Topliss-reactive ketones (excluding diaryl/α,β-unsaturated/α-hetero) is 1. The second-order valence-corrected chi connectivity index (χ2v) is 10.4. The van der Waals surface area contributed by atoms with Gasteiger partial charge in [-0.3, -0.25) is 9.36 Å². The highest BCUT2D eigenvalue weighted by Gasteiger charge is 2.44. The lowest BCUT2D eigenvalue weighted by Crippen LogP contribution is -2.20. The van der Waals surface area contributed by atoms with Crippen LogP contribution in [0.3, 0.4) is 0 Å². The van der Waals surface area contributed by atoms with Gasteiger partial charge in [0.2, 0.25) is 0 Å². The summed E-state index contributed by atoms with van der Waals surface area (Å²) in [4.78, 5) is 17.3. The molecule has 7 nitrogen and oxygen atoms in total. The Morgan fingerprint density at radius 3 is 2.89 bits per heavy atom. The Morgan fingerprint density at radius 1 is 1.21 bits per heavy atom. The Labute approximate surface area is 223 Å². The molecular weight excluding hydrogens is 478 g/mol. The topological polar surface area (TPSA) is 95.5 Å². The van der Waals surface area contributed by atoms with Gasteiger partial charge in [0.1, 0.15) is 23.9 Å². The van der Waals surface area contributed by atoms with Crippen LogP contribution in [0.4, 0.5) is 0 Å². The van der Waals surface area contributed by atoms with Crippen molar-refractivity contribution in [1.82, 2.24) is 14.9 Å². The quantitative estimate of drug-likeness (QED) is 0.291. The van der Waals surface area contributed by atoms with Gasteiger partial charge in [0.15, 0.2) is 5.78 Å². The van der Waals surface area contributed by atoms with Crippen molar-refractivity contribution in [3.8, 4) is 5.75 Å². The number of rotatable bonds is 10. The first-order chi connectivity index (χ1) is 18.7. The number of imidazole rings is 1. The molecule has 2 fully saturated rings. The molecular formula is C31H35N3O4. The van der Waals surface area contributed by atoms with Crippen LogP contribution in [0.15, 0.2) is 60.7 Å². The van der Waals surface area contributed by atoms with Crippen LogP contribution in [0.1, 0.15) is 68.2 Å². The average Bonchev–Trinajstić information content (AvgIpc) is 3.43. The number of para-hydroxylation sites is 2. The fraction of sp³-hybridized carbons (Fsp3) is 0.419. The number of aromatic nitrogens is 2. The molecule has 0 radical (unpaired) electrons. The molecule has 3 heterocycles. The molecule has 2 unspecified atom stereocenters. The van der Waals surface area contributed by atoms with Gasteiger partial charge in [0.05, 0.1) is 36.7 Å². The minimum absolute atomic E-state index is 0.0578. The number of ketones is 1. The van der Waals surface area contributed by atoms with Crippen molar-refractivity contribution in [2.75, 3.05) is 13.2 Å². The Morgan fingerprint density at radius 2 is 2.11 bits per heavy atom. The number of fused-ring (bicyclic) bond motifs is 1. The van der Waals surface area contributed by atoms with Crippen LogP contribution in [0, 0.1) is 0 Å². The lowest BCUT2D eigenvalue weighted by atomic mass is 9.96. The number of benzene rings is 2. The van der Waals surface area contributed by atoms with Gasteiger partial charge < -0.3 is 19.9 Å². The van der Waals surface area contributed by atoms with Crippen molar-refractivity contribution in [3.05, 3.63) is 77.6 Å². The molecule has 3 aliphatic rings. The Hall–Kier alpha value is -3.26. The number of hydrogen-bond donors (Lipinski definition) is 2. The zero-order chi connectivity index (χ0) is 26.1. The number of aliphatic hydroxyl groups excluding tert-OH is 1. The van der Waals surface area contributed by atoms with Gasteiger partial charge >= 0.3 is 0 Å². The molecule has 2 aromatic carbocycles. The molecule has 0 bridgehead atoms. The van der Waals surface area contributed by atoms with Gasteiger partial charge in [-0.05, 0) is 55.0 Å². The molecule has 198 valence electrons. The largest absolute Gasteiger partial charge is 0.493 e. The molecule has 1 aliphatic carbocycles. The number of aliphatic hydroxyl groups is 1. The second-order valence-electron chi connectivity index (χ2n) is 10.4. The maximum atomic E-state index is 12.4. The summed E-state index contributed by atoms with van der Waals surface area (Å²) in [5, 5.41) is 13.2. The fourth-order valence-corrected chi connectivity index (χ4v) is 5.55. The molecule has 4 atom stereocenters. The summed E-state index contributed by atoms with van der Waals surface area (Å²) < 4.78 is 14.3. The van der Waals surface area contributed by atoms with Crippen molar-refractivity contribution < 1.29 is 19.4 Å². The van der Waals surface area contributed by atoms with Crippen LogP contribution < -0.4 is 10.1 Å². The van der Waals surface area contributed by atoms with E-state index in [0.29, 0.717) is 6.61 Å². The van der Waals surface area contributed by atoms with E-state index in [1.165, 1.54) is 11.1 Å². The van der Waals surface area contributed by atoms with Gasteiger partial charge in [-0.1, -0.05) is 55.8 Å². The van der Waals surface area contributed by atoms with E-state index in [1.54, 1.807) is 0 Å². The number of nitrogens with one attached hydrogen (secondary N) is 1. The highest BCUT2D eigenvalue weighted by molar-refractivity contribution is 5.85. The standard InChI is InChI=1S/C31H35N3O4/c1-2-3-15-37-27-17-20(13-14-22(27)21-9-5-4-6-10-21)16-24-30(32-24)31-33-23-11-7-8-12-25(23)34(31)29-18-26(36)28(19-35)38-29/h5,7-14,17,24,28-30,32,35H,2-4,6,15-16,18-19H2,1H3/t24?,28-,29-,30?/m1/s1. The fourth-order valence-electron chi connectivity index (χ4n) is 5.55. The van der Waals surface area contributed by atoms with Crippen LogP contribution >= 0.6 is 0 Å². The number of unbranched alkanes of at least 4 members (excludes halogenated alkanes) is 1. The SMILES string of the molecule is CCCCOc1cc(CC2NC2c2nc3ccccc3n2[C@H]2CC(=O)[C@@H](CO)O2)ccc1C1=CCCC=C1. The van der Waals surface area contributed by atoms with Crippen molar-refractivity contribution in [3.63, 3.8) is 0 Å². The van der Waals surface area contributed by atoms with Crippen LogP contribution in [-0.4, -0.2) is 45.8 Å². The van der Waals surface area contributed by atoms with Crippen LogP contribution in [0.2, 0.25) is 0 Å². The zero-order valence-corrected chi connectivity index (χ0v) is 21.8. The maximum absolute atomic E-state index is 12.4. The lowest BCUT2D eigenvalue weighted by molar-refractivity contribution is -0.124. The normalized spacial score (nSPS) is 24.7. The lowest BCUT2D eigenvalue weighted by Gasteiger charge is -2.17. The smallest absolute Gasteiger partial charge is 0.168 e. The molecule has 2 N–H and O–H groups in total. The number of carbonyl (C=O) groups is 1. The molecule has 0 saturated carbocycles. The van der Waals surface area contributed by atoms with E-state index in [1.807, 2.05) is 28.8 Å². The number of carbonyl (C=O) groups excluding carboxylic acids is 1. The van der Waals surface area contributed by atoms with Crippen molar-refractivity contribution in [2.24, 2.45) is 0 Å². The van der Waals surface area contributed by atoms with Crippen molar-refractivity contribution in [1.29, 1.82) is 0 Å². The highest BCUT2D eigenvalue weighted by atomic mass is 16.5. The molecule has 38 heavy (non-hydrogen) atoms. The first-order valence-corrected chi connectivity index (χ1v) is 13.8.